The van der Waals surface area contributed by atoms with E-state index >= 15 is 0 Å². The van der Waals surface area contributed by atoms with Crippen LogP contribution in [-0.2, 0) is 6.61 Å². The summed E-state index contributed by atoms with van der Waals surface area (Å²) in [5.74, 6) is 0.798. The van der Waals surface area contributed by atoms with Crippen LogP contribution < -0.4 is 10.5 Å². The first kappa shape index (κ1) is 14.9. The number of aryl methyl sites for hydroxylation is 2. The number of halogens is 1. The minimum atomic E-state index is -0.110. The average Bonchev–Trinajstić information content (AvgIpc) is 2.39. The lowest BCUT2D eigenvalue weighted by atomic mass is 10.0. The highest BCUT2D eigenvalue weighted by molar-refractivity contribution is 6.30. The highest BCUT2D eigenvalue weighted by Gasteiger charge is 2.10. The first-order valence-electron chi connectivity index (χ1n) is 6.72. The smallest absolute Gasteiger partial charge is 0.124 e. The van der Waals surface area contributed by atoms with E-state index in [1.54, 1.807) is 0 Å². The van der Waals surface area contributed by atoms with Crippen LogP contribution in [0.5, 0.6) is 5.75 Å². The molecular weight excluding hydrogens is 270 g/mol. The zero-order chi connectivity index (χ0) is 14.7. The summed E-state index contributed by atoms with van der Waals surface area (Å²) in [6, 6.07) is 11.7. The molecule has 0 amide bonds. The van der Waals surface area contributed by atoms with Gasteiger partial charge in [-0.05, 0) is 55.7 Å². The van der Waals surface area contributed by atoms with E-state index in [0.717, 1.165) is 11.3 Å². The summed E-state index contributed by atoms with van der Waals surface area (Å²) in [6.07, 6.45) is 0. The molecule has 2 rings (SSSR count). The van der Waals surface area contributed by atoms with Gasteiger partial charge in [0.1, 0.15) is 12.4 Å². The fourth-order valence-corrected chi connectivity index (χ4v) is 2.41. The lowest BCUT2D eigenvalue weighted by Gasteiger charge is -2.16. The highest BCUT2D eigenvalue weighted by Crippen LogP contribution is 2.28. The molecule has 0 saturated heterocycles. The SMILES string of the molecule is Cc1cccc(C)c1COc1ccc(Cl)cc1[C@H](C)N. The molecule has 0 aliphatic carbocycles. The molecule has 0 saturated carbocycles. The molecule has 0 aromatic heterocycles. The second kappa shape index (κ2) is 6.29. The van der Waals surface area contributed by atoms with E-state index in [0.29, 0.717) is 11.6 Å². The molecule has 0 heterocycles. The zero-order valence-electron chi connectivity index (χ0n) is 12.1. The zero-order valence-corrected chi connectivity index (χ0v) is 12.9. The van der Waals surface area contributed by atoms with E-state index in [1.165, 1.54) is 16.7 Å². The van der Waals surface area contributed by atoms with E-state index in [4.69, 9.17) is 22.1 Å². The molecule has 2 nitrogen and oxygen atoms in total. The Bertz CT molecular complexity index is 588. The van der Waals surface area contributed by atoms with Gasteiger partial charge in [-0.2, -0.15) is 0 Å². The van der Waals surface area contributed by atoms with Gasteiger partial charge < -0.3 is 10.5 Å². The van der Waals surface area contributed by atoms with Crippen molar-refractivity contribution in [2.45, 2.75) is 33.4 Å². The summed E-state index contributed by atoms with van der Waals surface area (Å²) in [5, 5.41) is 0.678. The van der Waals surface area contributed by atoms with Crippen molar-refractivity contribution < 1.29 is 4.74 Å². The minimum Gasteiger partial charge on any atom is -0.489 e. The summed E-state index contributed by atoms with van der Waals surface area (Å²) < 4.78 is 5.96. The van der Waals surface area contributed by atoms with E-state index in [2.05, 4.69) is 32.0 Å². The third-order valence-electron chi connectivity index (χ3n) is 3.48. The first-order valence-corrected chi connectivity index (χ1v) is 7.09. The Morgan fingerprint density at radius 3 is 2.40 bits per heavy atom. The van der Waals surface area contributed by atoms with Crippen molar-refractivity contribution in [2.75, 3.05) is 0 Å². The Morgan fingerprint density at radius 2 is 1.80 bits per heavy atom. The normalized spacial score (nSPS) is 12.2. The van der Waals surface area contributed by atoms with Gasteiger partial charge >= 0.3 is 0 Å². The first-order chi connectivity index (χ1) is 9.49. The molecule has 0 aliphatic heterocycles. The van der Waals surface area contributed by atoms with Crippen LogP contribution in [0.25, 0.3) is 0 Å². The number of hydrogen-bond acceptors (Lipinski definition) is 2. The number of rotatable bonds is 4. The van der Waals surface area contributed by atoms with Gasteiger partial charge in [0, 0.05) is 16.6 Å². The van der Waals surface area contributed by atoms with Crippen LogP contribution in [0.2, 0.25) is 5.02 Å². The molecule has 20 heavy (non-hydrogen) atoms. The van der Waals surface area contributed by atoms with Crippen LogP contribution in [-0.4, -0.2) is 0 Å². The summed E-state index contributed by atoms with van der Waals surface area (Å²) in [5.41, 5.74) is 10.6. The molecule has 3 heteroatoms. The van der Waals surface area contributed by atoms with Crippen molar-refractivity contribution in [2.24, 2.45) is 5.73 Å². The molecule has 2 N–H and O–H groups in total. The van der Waals surface area contributed by atoms with Crippen molar-refractivity contribution >= 4 is 11.6 Å². The van der Waals surface area contributed by atoms with Gasteiger partial charge in [-0.3, -0.25) is 0 Å². The second-order valence-electron chi connectivity index (χ2n) is 5.13. The highest BCUT2D eigenvalue weighted by atomic mass is 35.5. The van der Waals surface area contributed by atoms with Crippen LogP contribution >= 0.6 is 11.6 Å². The largest absolute Gasteiger partial charge is 0.489 e. The predicted molar refractivity (Wildman–Crippen MR) is 84.3 cm³/mol. The van der Waals surface area contributed by atoms with E-state index in [-0.39, 0.29) is 6.04 Å². The monoisotopic (exact) mass is 289 g/mol. The third kappa shape index (κ3) is 3.33. The quantitative estimate of drug-likeness (QED) is 0.896. The fourth-order valence-electron chi connectivity index (χ4n) is 2.23. The van der Waals surface area contributed by atoms with Crippen LogP contribution in [0.1, 0.15) is 35.2 Å². The summed E-state index contributed by atoms with van der Waals surface area (Å²) in [6.45, 7) is 6.66. The van der Waals surface area contributed by atoms with Crippen LogP contribution in [0.3, 0.4) is 0 Å². The van der Waals surface area contributed by atoms with Crippen molar-refractivity contribution in [3.63, 3.8) is 0 Å². The van der Waals surface area contributed by atoms with Gasteiger partial charge in [0.05, 0.1) is 0 Å². The molecule has 0 spiro atoms. The number of benzene rings is 2. The minimum absolute atomic E-state index is 0.110. The predicted octanol–water partition coefficient (Wildman–Crippen LogP) is 4.56. The maximum Gasteiger partial charge on any atom is 0.124 e. The van der Waals surface area contributed by atoms with Gasteiger partial charge in [0.25, 0.3) is 0 Å². The molecular formula is C17H20ClNO. The van der Waals surface area contributed by atoms with Crippen molar-refractivity contribution in [1.29, 1.82) is 0 Å². The fraction of sp³-hybridized carbons (Fsp3) is 0.294. The lowest BCUT2D eigenvalue weighted by Crippen LogP contribution is -2.09. The number of nitrogens with two attached hydrogens (primary N) is 1. The van der Waals surface area contributed by atoms with Gasteiger partial charge in [-0.15, -0.1) is 0 Å². The summed E-state index contributed by atoms with van der Waals surface area (Å²) in [7, 11) is 0. The molecule has 0 aliphatic rings. The Morgan fingerprint density at radius 1 is 1.15 bits per heavy atom. The second-order valence-corrected chi connectivity index (χ2v) is 5.57. The Hall–Kier alpha value is -1.51. The summed E-state index contributed by atoms with van der Waals surface area (Å²) in [4.78, 5) is 0. The van der Waals surface area contributed by atoms with Gasteiger partial charge in [0.15, 0.2) is 0 Å². The Labute approximate surface area is 125 Å². The van der Waals surface area contributed by atoms with Gasteiger partial charge in [0.2, 0.25) is 0 Å². The molecule has 0 fully saturated rings. The average molecular weight is 290 g/mol. The van der Waals surface area contributed by atoms with Crippen molar-refractivity contribution in [3.05, 3.63) is 63.7 Å². The van der Waals surface area contributed by atoms with Crippen LogP contribution in [0.15, 0.2) is 36.4 Å². The van der Waals surface area contributed by atoms with Gasteiger partial charge in [-0.1, -0.05) is 29.8 Å². The van der Waals surface area contributed by atoms with E-state index < -0.39 is 0 Å². The van der Waals surface area contributed by atoms with Gasteiger partial charge in [-0.25, -0.2) is 0 Å². The summed E-state index contributed by atoms with van der Waals surface area (Å²) >= 11 is 6.02. The molecule has 2 aromatic carbocycles. The third-order valence-corrected chi connectivity index (χ3v) is 3.71. The van der Waals surface area contributed by atoms with E-state index in [9.17, 15) is 0 Å². The topological polar surface area (TPSA) is 35.2 Å². The van der Waals surface area contributed by atoms with Crippen molar-refractivity contribution in [1.82, 2.24) is 0 Å². The van der Waals surface area contributed by atoms with Crippen molar-refractivity contribution in [3.8, 4) is 5.75 Å². The number of ether oxygens (including phenoxy) is 1. The molecule has 1 atom stereocenters. The Kier molecular flexibility index (Phi) is 4.69. The maximum absolute atomic E-state index is 6.02. The molecule has 106 valence electrons. The van der Waals surface area contributed by atoms with Crippen LogP contribution in [0, 0.1) is 13.8 Å². The van der Waals surface area contributed by atoms with Crippen LogP contribution in [0.4, 0.5) is 0 Å². The lowest BCUT2D eigenvalue weighted by molar-refractivity contribution is 0.300. The Balaban J connectivity index is 2.23. The molecule has 0 radical (unpaired) electrons. The molecule has 0 bridgehead atoms. The maximum atomic E-state index is 6.02. The number of hydrogen-bond donors (Lipinski definition) is 1. The van der Waals surface area contributed by atoms with E-state index in [1.807, 2.05) is 25.1 Å². The standard InChI is InChI=1S/C17H20ClNO/c1-11-5-4-6-12(2)16(11)10-20-17-8-7-14(18)9-15(17)13(3)19/h4-9,13H,10,19H2,1-3H3/t13-/m0/s1. The molecule has 0 unspecified atom stereocenters. The molecule has 2 aromatic rings.